The highest BCUT2D eigenvalue weighted by Gasteiger charge is 2.33. The van der Waals surface area contributed by atoms with Crippen LogP contribution >= 0.6 is 0 Å². The van der Waals surface area contributed by atoms with Gasteiger partial charge in [-0.25, -0.2) is 9.97 Å². The van der Waals surface area contributed by atoms with Crippen LogP contribution in [-0.2, 0) is 17.4 Å². The highest BCUT2D eigenvalue weighted by molar-refractivity contribution is 5.78. The first-order valence-electron chi connectivity index (χ1n) is 11.8. The van der Waals surface area contributed by atoms with Gasteiger partial charge in [0.25, 0.3) is 0 Å². The first-order valence-corrected chi connectivity index (χ1v) is 11.8. The van der Waals surface area contributed by atoms with Crippen LogP contribution in [0.3, 0.4) is 0 Å². The quantitative estimate of drug-likeness (QED) is 0.420. The average Bonchev–Trinajstić information content (AvgIpc) is 3.40. The molecule has 4 rings (SSSR count). The second-order valence-electron chi connectivity index (χ2n) is 8.98. The number of imidazole rings is 1. The van der Waals surface area contributed by atoms with Crippen LogP contribution in [0.15, 0.2) is 48.8 Å². The zero-order chi connectivity index (χ0) is 26.6. The smallest absolute Gasteiger partial charge is 0.394 e. The van der Waals surface area contributed by atoms with Crippen LogP contribution in [0.25, 0.3) is 11.4 Å². The third kappa shape index (κ3) is 6.57. The molecule has 2 aromatic heterocycles. The van der Waals surface area contributed by atoms with Crippen LogP contribution < -0.4 is 9.80 Å². The Bertz CT molecular complexity index is 1180. The maximum Gasteiger partial charge on any atom is 0.432 e. The Morgan fingerprint density at radius 1 is 1.05 bits per heavy atom. The molecular formula is C25H29F3N6O3. The van der Waals surface area contributed by atoms with Crippen LogP contribution in [0.5, 0.6) is 0 Å². The largest absolute Gasteiger partial charge is 0.432 e. The predicted octanol–water partition coefficient (Wildman–Crippen LogP) is 2.17. The summed E-state index contributed by atoms with van der Waals surface area (Å²) in [6.07, 6.45) is -2.93. The molecule has 198 valence electrons. The minimum Gasteiger partial charge on any atom is -0.394 e. The van der Waals surface area contributed by atoms with E-state index in [4.69, 9.17) is 5.11 Å². The molecule has 0 bridgehead atoms. The summed E-state index contributed by atoms with van der Waals surface area (Å²) in [7, 11) is 1.60. The molecule has 0 radical (unpaired) electrons. The highest BCUT2D eigenvalue weighted by Crippen LogP contribution is 2.29. The lowest BCUT2D eigenvalue weighted by atomic mass is 10.1. The molecule has 12 heteroatoms. The molecule has 37 heavy (non-hydrogen) atoms. The molecule has 1 aromatic carbocycles. The number of benzene rings is 1. The van der Waals surface area contributed by atoms with Gasteiger partial charge in [-0.15, -0.1) is 0 Å². The molecule has 1 aliphatic heterocycles. The Hall–Kier alpha value is -3.64. The molecule has 0 spiro atoms. The lowest BCUT2D eigenvalue weighted by Crippen LogP contribution is -2.46. The first-order chi connectivity index (χ1) is 17.6. The van der Waals surface area contributed by atoms with E-state index in [9.17, 15) is 23.1 Å². The van der Waals surface area contributed by atoms with Gasteiger partial charge in [-0.2, -0.15) is 13.2 Å². The molecular weight excluding hydrogens is 489 g/mol. The third-order valence-corrected chi connectivity index (χ3v) is 6.28. The number of likely N-dealkylation sites (N-methyl/N-ethyl adjacent to an activating group) is 1. The summed E-state index contributed by atoms with van der Waals surface area (Å²) in [6.45, 7) is 2.66. The van der Waals surface area contributed by atoms with Gasteiger partial charge in [-0.3, -0.25) is 4.79 Å². The van der Waals surface area contributed by atoms with Gasteiger partial charge in [0.05, 0.1) is 25.3 Å². The lowest BCUT2D eigenvalue weighted by Gasteiger charge is -2.36. The van der Waals surface area contributed by atoms with Crippen molar-refractivity contribution in [2.24, 2.45) is 0 Å². The second kappa shape index (κ2) is 11.2. The normalized spacial score (nSPS) is 15.1. The number of aliphatic hydroxyl groups excluding tert-OH is 2. The van der Waals surface area contributed by atoms with Gasteiger partial charge >= 0.3 is 6.18 Å². The molecule has 0 saturated carbocycles. The van der Waals surface area contributed by atoms with Crippen molar-refractivity contribution < 1.29 is 28.2 Å². The number of aromatic amines is 1. The number of nitrogens with zero attached hydrogens (tertiary/aromatic N) is 5. The van der Waals surface area contributed by atoms with E-state index in [2.05, 4.69) is 24.8 Å². The molecule has 3 aromatic rings. The number of alkyl halides is 3. The van der Waals surface area contributed by atoms with Crippen molar-refractivity contribution in [2.75, 3.05) is 56.2 Å². The van der Waals surface area contributed by atoms with Gasteiger partial charge in [0.2, 0.25) is 5.91 Å². The topological polar surface area (TPSA) is 109 Å². The van der Waals surface area contributed by atoms with Crippen molar-refractivity contribution in [1.82, 2.24) is 19.9 Å². The van der Waals surface area contributed by atoms with Crippen LogP contribution in [0.2, 0.25) is 0 Å². The summed E-state index contributed by atoms with van der Waals surface area (Å²) in [5, 5.41) is 18.4. The van der Waals surface area contributed by atoms with E-state index in [1.165, 1.54) is 11.1 Å². The highest BCUT2D eigenvalue weighted by atomic mass is 19.4. The van der Waals surface area contributed by atoms with Crippen LogP contribution in [0.4, 0.5) is 24.7 Å². The van der Waals surface area contributed by atoms with Gasteiger partial charge in [0.15, 0.2) is 0 Å². The Morgan fingerprint density at radius 3 is 2.30 bits per heavy atom. The van der Waals surface area contributed by atoms with E-state index >= 15 is 0 Å². The summed E-state index contributed by atoms with van der Waals surface area (Å²) in [5.41, 5.74) is 1.49. The second-order valence-corrected chi connectivity index (χ2v) is 8.98. The molecule has 1 saturated heterocycles. The summed E-state index contributed by atoms with van der Waals surface area (Å²) >= 11 is 0. The van der Waals surface area contributed by atoms with Crippen LogP contribution in [0.1, 0.15) is 11.3 Å². The maximum absolute atomic E-state index is 12.8. The number of anilines is 2. The Balaban J connectivity index is 1.29. The van der Waals surface area contributed by atoms with Crippen molar-refractivity contribution in [3.05, 3.63) is 60.0 Å². The number of aliphatic hydroxyl groups is 2. The average molecular weight is 519 g/mol. The fraction of sp³-hybridized carbons (Fsp3) is 0.400. The van der Waals surface area contributed by atoms with E-state index < -0.39 is 24.6 Å². The number of halogens is 3. The standard InChI is InChI=1S/C25H29F3N6O3/c1-32(15-20(36)16-35)23(37)12-17-2-5-19(6-3-17)33-8-10-34(11-9-33)22-7-4-18(13-29-22)24-30-14-21(31-24)25(26,27)28/h2-7,13-14,20,35-36H,8-12,15-16H2,1H3,(H,30,31)/t20-/m1/s1. The molecule has 0 unspecified atom stereocenters. The zero-order valence-electron chi connectivity index (χ0n) is 20.3. The number of pyridine rings is 1. The Labute approximate surface area is 212 Å². The summed E-state index contributed by atoms with van der Waals surface area (Å²) in [5.74, 6) is 0.728. The van der Waals surface area contributed by atoms with E-state index in [0.29, 0.717) is 5.56 Å². The molecule has 1 amide bonds. The van der Waals surface area contributed by atoms with Crippen molar-refractivity contribution in [3.8, 4) is 11.4 Å². The van der Waals surface area contributed by atoms with Crippen molar-refractivity contribution in [1.29, 1.82) is 0 Å². The van der Waals surface area contributed by atoms with Gasteiger partial charge in [0.1, 0.15) is 17.3 Å². The van der Waals surface area contributed by atoms with E-state index in [-0.39, 0.29) is 24.7 Å². The fourth-order valence-electron chi connectivity index (χ4n) is 4.13. The van der Waals surface area contributed by atoms with Crippen molar-refractivity contribution >= 4 is 17.4 Å². The van der Waals surface area contributed by atoms with Gasteiger partial charge in [-0.1, -0.05) is 12.1 Å². The molecule has 0 aliphatic carbocycles. The monoisotopic (exact) mass is 518 g/mol. The number of piperazine rings is 1. The van der Waals surface area contributed by atoms with Gasteiger partial charge in [0, 0.05) is 57.2 Å². The minimum absolute atomic E-state index is 0.0805. The molecule has 1 atom stereocenters. The van der Waals surface area contributed by atoms with Crippen molar-refractivity contribution in [3.63, 3.8) is 0 Å². The summed E-state index contributed by atoms with van der Waals surface area (Å²) in [6, 6.07) is 11.3. The predicted molar refractivity (Wildman–Crippen MR) is 132 cm³/mol. The minimum atomic E-state index is -4.47. The van der Waals surface area contributed by atoms with E-state index in [0.717, 1.165) is 49.4 Å². The fourth-order valence-corrected chi connectivity index (χ4v) is 4.13. The number of hydrogen-bond acceptors (Lipinski definition) is 7. The SMILES string of the molecule is CN(C[C@@H](O)CO)C(=O)Cc1ccc(N2CCN(c3ccc(-c4ncc(C(F)(F)F)[nH]4)cn3)CC2)cc1. The number of carbonyl (C=O) groups is 1. The van der Waals surface area contributed by atoms with Crippen LogP contribution in [-0.4, -0.2) is 88.5 Å². The van der Waals surface area contributed by atoms with Crippen molar-refractivity contribution in [2.45, 2.75) is 18.7 Å². The maximum atomic E-state index is 12.8. The number of carbonyl (C=O) groups excluding carboxylic acids is 1. The third-order valence-electron chi connectivity index (χ3n) is 6.28. The molecule has 1 fully saturated rings. The number of amides is 1. The summed E-state index contributed by atoms with van der Waals surface area (Å²) in [4.78, 5) is 28.6. The van der Waals surface area contributed by atoms with E-state index in [1.54, 1.807) is 19.2 Å². The number of hydrogen-bond donors (Lipinski definition) is 3. The number of aromatic nitrogens is 3. The Kier molecular flexibility index (Phi) is 7.98. The number of nitrogens with one attached hydrogen (secondary N) is 1. The van der Waals surface area contributed by atoms with E-state index in [1.807, 2.05) is 24.3 Å². The molecule has 1 aliphatic rings. The zero-order valence-corrected chi connectivity index (χ0v) is 20.3. The number of H-pyrrole nitrogens is 1. The Morgan fingerprint density at radius 2 is 1.73 bits per heavy atom. The number of rotatable bonds is 8. The van der Waals surface area contributed by atoms with Gasteiger partial charge < -0.3 is 29.9 Å². The molecule has 3 heterocycles. The van der Waals surface area contributed by atoms with Crippen LogP contribution in [0, 0.1) is 0 Å². The molecule has 9 nitrogen and oxygen atoms in total. The van der Waals surface area contributed by atoms with Gasteiger partial charge in [-0.05, 0) is 29.8 Å². The summed E-state index contributed by atoms with van der Waals surface area (Å²) < 4.78 is 38.4. The first kappa shape index (κ1) is 26.4. The molecule has 3 N–H and O–H groups in total. The lowest BCUT2D eigenvalue weighted by molar-refractivity contribution is -0.140.